The number of aliphatic hydroxyl groups is 1. The van der Waals surface area contributed by atoms with Crippen LogP contribution in [0.3, 0.4) is 0 Å². The number of aromatic nitrogens is 1. The maximum absolute atomic E-state index is 9.36. The Bertz CT molecular complexity index is 427. The first-order chi connectivity index (χ1) is 8.85. The number of pyridine rings is 1. The molecule has 4 heteroatoms. The van der Waals surface area contributed by atoms with E-state index in [1.807, 2.05) is 0 Å². The van der Waals surface area contributed by atoms with E-state index in [4.69, 9.17) is 5.26 Å². The van der Waals surface area contributed by atoms with E-state index in [2.05, 4.69) is 16.4 Å². The zero-order valence-corrected chi connectivity index (χ0v) is 10.5. The fraction of sp³-hybridized carbons (Fsp3) is 0.571. The number of anilines is 1. The van der Waals surface area contributed by atoms with Gasteiger partial charge >= 0.3 is 0 Å². The van der Waals surface area contributed by atoms with Crippen LogP contribution in [-0.2, 0) is 0 Å². The maximum atomic E-state index is 9.36. The highest BCUT2D eigenvalue weighted by molar-refractivity contribution is 5.51. The first-order valence-corrected chi connectivity index (χ1v) is 6.55. The number of nitrogens with zero attached hydrogens (tertiary/aromatic N) is 2. The largest absolute Gasteiger partial charge is 0.396 e. The Hall–Kier alpha value is -1.60. The summed E-state index contributed by atoms with van der Waals surface area (Å²) >= 11 is 0. The molecule has 1 aromatic rings. The highest BCUT2D eigenvalue weighted by atomic mass is 16.3. The summed E-state index contributed by atoms with van der Waals surface area (Å²) in [5.41, 5.74) is 0.578. The van der Waals surface area contributed by atoms with Gasteiger partial charge < -0.3 is 10.4 Å². The lowest BCUT2D eigenvalue weighted by atomic mass is 9.79. The van der Waals surface area contributed by atoms with Gasteiger partial charge in [-0.25, -0.2) is 4.98 Å². The van der Waals surface area contributed by atoms with Gasteiger partial charge in [-0.15, -0.1) is 0 Å². The third kappa shape index (κ3) is 2.99. The summed E-state index contributed by atoms with van der Waals surface area (Å²) in [4.78, 5) is 4.19. The number of aliphatic hydroxyl groups excluding tert-OH is 1. The van der Waals surface area contributed by atoms with Crippen molar-refractivity contribution in [1.82, 2.24) is 4.98 Å². The third-order valence-electron chi connectivity index (χ3n) is 3.76. The number of nitriles is 1. The molecule has 2 unspecified atom stereocenters. The number of rotatable bonds is 4. The van der Waals surface area contributed by atoms with Crippen LogP contribution in [0.1, 0.15) is 31.2 Å². The van der Waals surface area contributed by atoms with Gasteiger partial charge in [0.15, 0.2) is 0 Å². The second-order valence-corrected chi connectivity index (χ2v) is 4.88. The number of hydrogen-bond acceptors (Lipinski definition) is 4. The second kappa shape index (κ2) is 6.36. The zero-order chi connectivity index (χ0) is 12.8. The van der Waals surface area contributed by atoms with Gasteiger partial charge in [0.1, 0.15) is 11.9 Å². The van der Waals surface area contributed by atoms with Crippen molar-refractivity contribution in [2.24, 2.45) is 11.8 Å². The predicted molar refractivity (Wildman–Crippen MR) is 70.0 cm³/mol. The van der Waals surface area contributed by atoms with Crippen LogP contribution in [0.2, 0.25) is 0 Å². The molecule has 1 aliphatic carbocycles. The monoisotopic (exact) mass is 245 g/mol. The lowest BCUT2D eigenvalue weighted by molar-refractivity contribution is 0.141. The standard InChI is InChI=1S/C14H19N3O/c15-8-11-6-3-7-16-14(11)17-9-12-4-1-2-5-13(12)10-18/h3,6-7,12-13,18H,1-2,4-5,9-10H2,(H,16,17). The molecule has 1 heterocycles. The Morgan fingerprint density at radius 1 is 1.39 bits per heavy atom. The van der Waals surface area contributed by atoms with Crippen molar-refractivity contribution >= 4 is 5.82 Å². The summed E-state index contributed by atoms with van der Waals surface area (Å²) in [6, 6.07) is 5.66. The molecule has 2 N–H and O–H groups in total. The average Bonchev–Trinajstić information content (AvgIpc) is 2.45. The third-order valence-corrected chi connectivity index (χ3v) is 3.76. The van der Waals surface area contributed by atoms with Crippen LogP contribution in [-0.4, -0.2) is 23.2 Å². The van der Waals surface area contributed by atoms with E-state index in [0.717, 1.165) is 19.4 Å². The number of hydrogen-bond donors (Lipinski definition) is 2. The summed E-state index contributed by atoms with van der Waals surface area (Å²) < 4.78 is 0. The zero-order valence-electron chi connectivity index (χ0n) is 10.5. The van der Waals surface area contributed by atoms with Gasteiger partial charge in [-0.2, -0.15) is 5.26 Å². The van der Waals surface area contributed by atoms with Crippen molar-refractivity contribution in [3.63, 3.8) is 0 Å². The first-order valence-electron chi connectivity index (χ1n) is 6.55. The molecule has 96 valence electrons. The minimum Gasteiger partial charge on any atom is -0.396 e. The lowest BCUT2D eigenvalue weighted by Crippen LogP contribution is -2.29. The van der Waals surface area contributed by atoms with Crippen molar-refractivity contribution in [3.8, 4) is 6.07 Å². The average molecular weight is 245 g/mol. The molecule has 0 aromatic carbocycles. The minimum absolute atomic E-state index is 0.264. The summed E-state index contributed by atoms with van der Waals surface area (Å²) in [5.74, 6) is 1.53. The molecular formula is C14H19N3O. The molecule has 0 aliphatic heterocycles. The highest BCUT2D eigenvalue weighted by Crippen LogP contribution is 2.29. The van der Waals surface area contributed by atoms with Crippen molar-refractivity contribution < 1.29 is 5.11 Å². The van der Waals surface area contributed by atoms with Gasteiger partial charge in [-0.05, 0) is 36.8 Å². The first kappa shape index (κ1) is 12.8. The quantitative estimate of drug-likeness (QED) is 0.853. The van der Waals surface area contributed by atoms with Crippen molar-refractivity contribution in [1.29, 1.82) is 5.26 Å². The summed E-state index contributed by atoms with van der Waals surface area (Å²) in [5, 5.41) is 21.6. The molecule has 2 atom stereocenters. The van der Waals surface area contributed by atoms with Crippen molar-refractivity contribution in [2.75, 3.05) is 18.5 Å². The Kier molecular flexibility index (Phi) is 4.54. The van der Waals surface area contributed by atoms with E-state index in [1.165, 1.54) is 12.8 Å². The lowest BCUT2D eigenvalue weighted by Gasteiger charge is -2.30. The molecule has 1 saturated carbocycles. The van der Waals surface area contributed by atoms with E-state index in [9.17, 15) is 5.11 Å². The van der Waals surface area contributed by atoms with E-state index >= 15 is 0 Å². The van der Waals surface area contributed by atoms with Gasteiger partial charge in [-0.1, -0.05) is 12.8 Å². The molecule has 0 amide bonds. The maximum Gasteiger partial charge on any atom is 0.143 e. The molecule has 0 bridgehead atoms. The minimum atomic E-state index is 0.264. The molecule has 0 saturated heterocycles. The van der Waals surface area contributed by atoms with Crippen LogP contribution in [0.5, 0.6) is 0 Å². The normalized spacial score (nSPS) is 23.3. The highest BCUT2D eigenvalue weighted by Gasteiger charge is 2.24. The molecule has 1 aromatic heterocycles. The second-order valence-electron chi connectivity index (χ2n) is 4.88. The molecule has 1 fully saturated rings. The smallest absolute Gasteiger partial charge is 0.143 e. The number of nitrogens with one attached hydrogen (secondary N) is 1. The molecule has 1 aliphatic rings. The molecular weight excluding hydrogens is 226 g/mol. The Labute approximate surface area is 108 Å². The van der Waals surface area contributed by atoms with Crippen molar-refractivity contribution in [2.45, 2.75) is 25.7 Å². The van der Waals surface area contributed by atoms with E-state index in [1.54, 1.807) is 18.3 Å². The SMILES string of the molecule is N#Cc1cccnc1NCC1CCCCC1CO. The van der Waals surface area contributed by atoms with Crippen LogP contribution >= 0.6 is 0 Å². The van der Waals surface area contributed by atoms with Crippen LogP contribution in [0.4, 0.5) is 5.82 Å². The van der Waals surface area contributed by atoms with Gasteiger partial charge in [0.05, 0.1) is 5.56 Å². The Balaban J connectivity index is 1.96. The van der Waals surface area contributed by atoms with E-state index < -0.39 is 0 Å². The molecule has 2 rings (SSSR count). The molecule has 18 heavy (non-hydrogen) atoms. The van der Waals surface area contributed by atoms with Gasteiger partial charge in [0.25, 0.3) is 0 Å². The van der Waals surface area contributed by atoms with Gasteiger partial charge in [0.2, 0.25) is 0 Å². The predicted octanol–water partition coefficient (Wildman–Crippen LogP) is 2.16. The summed E-state index contributed by atoms with van der Waals surface area (Å²) in [7, 11) is 0. The Morgan fingerprint density at radius 2 is 2.17 bits per heavy atom. The fourth-order valence-electron chi connectivity index (χ4n) is 2.66. The van der Waals surface area contributed by atoms with E-state index in [0.29, 0.717) is 23.2 Å². The Morgan fingerprint density at radius 3 is 2.89 bits per heavy atom. The van der Waals surface area contributed by atoms with E-state index in [-0.39, 0.29) is 6.61 Å². The van der Waals surface area contributed by atoms with Crippen molar-refractivity contribution in [3.05, 3.63) is 23.9 Å². The fourth-order valence-corrected chi connectivity index (χ4v) is 2.66. The van der Waals surface area contributed by atoms with Crippen LogP contribution < -0.4 is 5.32 Å². The molecule has 4 nitrogen and oxygen atoms in total. The van der Waals surface area contributed by atoms with Gasteiger partial charge in [0, 0.05) is 19.3 Å². The van der Waals surface area contributed by atoms with Crippen LogP contribution in [0.15, 0.2) is 18.3 Å². The van der Waals surface area contributed by atoms with Crippen LogP contribution in [0.25, 0.3) is 0 Å². The van der Waals surface area contributed by atoms with Gasteiger partial charge in [-0.3, -0.25) is 0 Å². The molecule has 0 radical (unpaired) electrons. The summed E-state index contributed by atoms with van der Waals surface area (Å²) in [6.45, 7) is 1.05. The summed E-state index contributed by atoms with van der Waals surface area (Å²) in [6.07, 6.45) is 6.39. The topological polar surface area (TPSA) is 68.9 Å². The molecule has 0 spiro atoms. The van der Waals surface area contributed by atoms with Crippen LogP contribution in [0, 0.1) is 23.2 Å².